The molecule has 1 aliphatic rings. The van der Waals surface area contributed by atoms with Gasteiger partial charge in [-0.15, -0.1) is 0 Å². The third-order valence-corrected chi connectivity index (χ3v) is 4.26. The first-order chi connectivity index (χ1) is 9.06. The zero-order valence-electron chi connectivity index (χ0n) is 11.8. The van der Waals surface area contributed by atoms with Crippen LogP contribution in [0, 0.1) is 5.92 Å². The summed E-state index contributed by atoms with van der Waals surface area (Å²) in [5.74, 6) is 0.557. The first kappa shape index (κ1) is 14.6. The smallest absolute Gasteiger partial charge is 0.0407 e. The monoisotopic (exact) mass is 281 g/mol. The molecule has 2 N–H and O–H groups in total. The van der Waals surface area contributed by atoms with Gasteiger partial charge in [-0.2, -0.15) is 0 Å². The molecule has 1 fully saturated rings. The van der Waals surface area contributed by atoms with E-state index >= 15 is 0 Å². The van der Waals surface area contributed by atoms with Gasteiger partial charge in [-0.25, -0.2) is 0 Å². The summed E-state index contributed by atoms with van der Waals surface area (Å²) >= 11 is 5.92. The van der Waals surface area contributed by atoms with Crippen LogP contribution in [-0.4, -0.2) is 43.7 Å². The Morgan fingerprint density at radius 2 is 1.68 bits per heavy atom. The van der Waals surface area contributed by atoms with Crippen LogP contribution in [-0.2, 0) is 0 Å². The molecule has 0 aliphatic carbocycles. The largest absolute Gasteiger partial charge is 0.369 e. The fourth-order valence-corrected chi connectivity index (χ4v) is 2.54. The third kappa shape index (κ3) is 4.10. The molecule has 1 saturated heterocycles. The minimum absolute atomic E-state index is 0.272. The zero-order valence-corrected chi connectivity index (χ0v) is 12.6. The summed E-state index contributed by atoms with van der Waals surface area (Å²) in [6.45, 7) is 9.80. The minimum atomic E-state index is 0.272. The van der Waals surface area contributed by atoms with E-state index < -0.39 is 0 Å². The van der Waals surface area contributed by atoms with Gasteiger partial charge in [0.2, 0.25) is 0 Å². The van der Waals surface area contributed by atoms with E-state index in [4.69, 9.17) is 17.3 Å². The number of hydrogen-bond acceptors (Lipinski definition) is 3. The predicted octanol–water partition coefficient (Wildman–Crippen LogP) is 2.45. The van der Waals surface area contributed by atoms with E-state index in [-0.39, 0.29) is 6.04 Å². The molecule has 1 aromatic carbocycles. The lowest BCUT2D eigenvalue weighted by atomic mass is 10.0. The van der Waals surface area contributed by atoms with E-state index in [1.807, 2.05) is 12.1 Å². The molecule has 0 amide bonds. The molecule has 2 atom stereocenters. The van der Waals surface area contributed by atoms with Crippen LogP contribution in [0.1, 0.15) is 13.8 Å². The second-order valence-electron chi connectivity index (χ2n) is 5.60. The second kappa shape index (κ2) is 6.60. The molecule has 0 saturated carbocycles. The third-order valence-electron chi connectivity index (χ3n) is 4.01. The Balaban J connectivity index is 1.84. The number of benzene rings is 1. The quantitative estimate of drug-likeness (QED) is 0.920. The van der Waals surface area contributed by atoms with Gasteiger partial charge >= 0.3 is 0 Å². The van der Waals surface area contributed by atoms with Crippen LogP contribution in [0.4, 0.5) is 5.69 Å². The Morgan fingerprint density at radius 3 is 2.21 bits per heavy atom. The highest BCUT2D eigenvalue weighted by molar-refractivity contribution is 6.30. The van der Waals surface area contributed by atoms with Crippen LogP contribution >= 0.6 is 11.6 Å². The first-order valence-corrected chi connectivity index (χ1v) is 7.42. The average molecular weight is 282 g/mol. The number of anilines is 1. The molecule has 0 spiro atoms. The molecule has 3 nitrogen and oxygen atoms in total. The molecule has 1 aliphatic heterocycles. The van der Waals surface area contributed by atoms with Gasteiger partial charge in [0.15, 0.2) is 0 Å². The van der Waals surface area contributed by atoms with Crippen molar-refractivity contribution >= 4 is 17.3 Å². The number of nitrogens with zero attached hydrogens (tertiary/aromatic N) is 2. The Morgan fingerprint density at radius 1 is 1.11 bits per heavy atom. The number of hydrogen-bond donors (Lipinski definition) is 1. The van der Waals surface area contributed by atoms with Crippen LogP contribution < -0.4 is 10.6 Å². The fourth-order valence-electron chi connectivity index (χ4n) is 2.41. The maximum Gasteiger partial charge on any atom is 0.0407 e. The molecule has 2 unspecified atom stereocenters. The van der Waals surface area contributed by atoms with E-state index in [0.29, 0.717) is 5.92 Å². The summed E-state index contributed by atoms with van der Waals surface area (Å²) in [5, 5.41) is 0.799. The van der Waals surface area contributed by atoms with Gasteiger partial charge < -0.3 is 10.6 Å². The van der Waals surface area contributed by atoms with Crippen LogP contribution in [0.3, 0.4) is 0 Å². The molecule has 19 heavy (non-hydrogen) atoms. The Bertz CT molecular complexity index is 383. The highest BCUT2D eigenvalue weighted by Crippen LogP contribution is 2.19. The number of halogens is 1. The molecular formula is C15H24ClN3. The van der Waals surface area contributed by atoms with Gasteiger partial charge in [0.05, 0.1) is 0 Å². The lowest BCUT2D eigenvalue weighted by Crippen LogP contribution is -2.49. The molecule has 1 heterocycles. The second-order valence-corrected chi connectivity index (χ2v) is 6.04. The predicted molar refractivity (Wildman–Crippen MR) is 82.9 cm³/mol. The van der Waals surface area contributed by atoms with Gasteiger partial charge in [0, 0.05) is 49.5 Å². The van der Waals surface area contributed by atoms with Crippen molar-refractivity contribution in [3.63, 3.8) is 0 Å². The molecule has 0 bridgehead atoms. The Hall–Kier alpha value is -0.770. The summed E-state index contributed by atoms with van der Waals surface area (Å²) in [6, 6.07) is 8.39. The molecular weight excluding hydrogens is 258 g/mol. The number of piperazine rings is 1. The van der Waals surface area contributed by atoms with Crippen molar-refractivity contribution in [2.24, 2.45) is 11.7 Å². The normalized spacial score (nSPS) is 20.3. The van der Waals surface area contributed by atoms with Crippen LogP contribution in [0.25, 0.3) is 0 Å². The van der Waals surface area contributed by atoms with E-state index in [9.17, 15) is 0 Å². The maximum absolute atomic E-state index is 5.94. The zero-order chi connectivity index (χ0) is 13.8. The summed E-state index contributed by atoms with van der Waals surface area (Å²) < 4.78 is 0. The summed E-state index contributed by atoms with van der Waals surface area (Å²) in [5.41, 5.74) is 7.20. The number of nitrogens with two attached hydrogens (primary N) is 1. The molecule has 0 aromatic heterocycles. The van der Waals surface area contributed by atoms with Crippen LogP contribution in [0.15, 0.2) is 24.3 Å². The van der Waals surface area contributed by atoms with Crippen LogP contribution in [0.2, 0.25) is 5.02 Å². The lowest BCUT2D eigenvalue weighted by Gasteiger charge is -2.37. The molecule has 1 aromatic rings. The Labute approximate surface area is 121 Å². The SMILES string of the molecule is CC(N)C(C)CN1CCN(c2ccc(Cl)cc2)CC1. The van der Waals surface area contributed by atoms with Gasteiger partial charge in [0.1, 0.15) is 0 Å². The topological polar surface area (TPSA) is 32.5 Å². The van der Waals surface area contributed by atoms with Crippen molar-refractivity contribution in [3.8, 4) is 0 Å². The van der Waals surface area contributed by atoms with Crippen molar-refractivity contribution in [2.75, 3.05) is 37.6 Å². The van der Waals surface area contributed by atoms with Crippen molar-refractivity contribution in [2.45, 2.75) is 19.9 Å². The highest BCUT2D eigenvalue weighted by atomic mass is 35.5. The number of rotatable bonds is 4. The summed E-state index contributed by atoms with van der Waals surface area (Å²) in [6.07, 6.45) is 0. The van der Waals surface area contributed by atoms with Crippen molar-refractivity contribution < 1.29 is 0 Å². The highest BCUT2D eigenvalue weighted by Gasteiger charge is 2.19. The van der Waals surface area contributed by atoms with Gasteiger partial charge in [-0.05, 0) is 37.1 Å². The van der Waals surface area contributed by atoms with E-state index in [2.05, 4.69) is 35.8 Å². The van der Waals surface area contributed by atoms with E-state index in [1.54, 1.807) is 0 Å². The molecule has 4 heteroatoms. The summed E-state index contributed by atoms with van der Waals surface area (Å²) in [4.78, 5) is 4.93. The fraction of sp³-hybridized carbons (Fsp3) is 0.600. The van der Waals surface area contributed by atoms with Crippen molar-refractivity contribution in [1.29, 1.82) is 0 Å². The molecule has 2 rings (SSSR count). The lowest BCUT2D eigenvalue weighted by molar-refractivity contribution is 0.214. The van der Waals surface area contributed by atoms with Gasteiger partial charge in [0.25, 0.3) is 0 Å². The minimum Gasteiger partial charge on any atom is -0.369 e. The van der Waals surface area contributed by atoms with Crippen molar-refractivity contribution in [3.05, 3.63) is 29.3 Å². The van der Waals surface area contributed by atoms with E-state index in [1.165, 1.54) is 5.69 Å². The first-order valence-electron chi connectivity index (χ1n) is 7.04. The standard InChI is InChI=1S/C15H24ClN3/c1-12(13(2)17)11-18-7-9-19(10-8-18)15-5-3-14(16)4-6-15/h3-6,12-13H,7-11,17H2,1-2H3. The average Bonchev–Trinajstić information content (AvgIpc) is 2.40. The van der Waals surface area contributed by atoms with E-state index in [0.717, 1.165) is 37.7 Å². The molecule has 0 radical (unpaired) electrons. The summed E-state index contributed by atoms with van der Waals surface area (Å²) in [7, 11) is 0. The van der Waals surface area contributed by atoms with Gasteiger partial charge in [-0.3, -0.25) is 4.90 Å². The molecule has 106 valence electrons. The van der Waals surface area contributed by atoms with Gasteiger partial charge in [-0.1, -0.05) is 18.5 Å². The van der Waals surface area contributed by atoms with Crippen molar-refractivity contribution in [1.82, 2.24) is 4.90 Å². The van der Waals surface area contributed by atoms with Crippen LogP contribution in [0.5, 0.6) is 0 Å². The Kier molecular flexibility index (Phi) is 5.08. The maximum atomic E-state index is 5.94.